The molecular weight excluding hydrogens is 374 g/mol. The van der Waals surface area contributed by atoms with Crippen LogP contribution in [0.2, 0.25) is 5.02 Å². The molecule has 2 aromatic carbocycles. The third-order valence-corrected chi connectivity index (χ3v) is 4.40. The first-order valence-corrected chi connectivity index (χ1v) is 9.34. The zero-order valence-corrected chi connectivity index (χ0v) is 16.0. The van der Waals surface area contributed by atoms with E-state index in [0.717, 1.165) is 16.5 Å². The second-order valence-corrected chi connectivity index (χ2v) is 6.57. The first-order valence-electron chi connectivity index (χ1n) is 8.96. The molecule has 28 heavy (non-hydrogen) atoms. The van der Waals surface area contributed by atoms with Crippen LogP contribution in [-0.2, 0) is 11.3 Å². The Labute approximate surface area is 168 Å². The molecule has 0 atom stereocenters. The van der Waals surface area contributed by atoms with Crippen LogP contribution in [0.15, 0.2) is 60.8 Å². The van der Waals surface area contributed by atoms with Gasteiger partial charge in [0.05, 0.1) is 19.0 Å². The van der Waals surface area contributed by atoms with Gasteiger partial charge in [0.15, 0.2) is 0 Å². The zero-order valence-electron chi connectivity index (χ0n) is 15.3. The van der Waals surface area contributed by atoms with Crippen molar-refractivity contribution in [3.05, 3.63) is 71.4 Å². The van der Waals surface area contributed by atoms with Gasteiger partial charge in [0.2, 0.25) is 5.91 Å². The van der Waals surface area contributed by atoms with E-state index < -0.39 is 0 Å². The van der Waals surface area contributed by atoms with E-state index in [0.29, 0.717) is 36.9 Å². The fraction of sp³-hybridized carbons (Fsp3) is 0.182. The van der Waals surface area contributed by atoms with Crippen LogP contribution in [0.3, 0.4) is 0 Å². The Hall–Kier alpha value is -3.23. The lowest BCUT2D eigenvalue weighted by molar-refractivity contribution is -0.116. The summed E-state index contributed by atoms with van der Waals surface area (Å²) < 4.78 is 7.58. The minimum Gasteiger partial charge on any atom is -0.492 e. The molecule has 0 aliphatic rings. The molecular formula is C22H20ClN3O2. The molecule has 0 aliphatic carbocycles. The van der Waals surface area contributed by atoms with Crippen molar-refractivity contribution < 1.29 is 9.53 Å². The van der Waals surface area contributed by atoms with Crippen molar-refractivity contribution in [3.63, 3.8) is 0 Å². The molecule has 0 aliphatic heterocycles. The number of carbonyl (C=O) groups excluding carboxylic acids is 1. The van der Waals surface area contributed by atoms with Gasteiger partial charge in [-0.15, -0.1) is 0 Å². The normalized spacial score (nSPS) is 10.9. The van der Waals surface area contributed by atoms with E-state index in [1.165, 1.54) is 6.08 Å². The van der Waals surface area contributed by atoms with Crippen molar-refractivity contribution in [1.29, 1.82) is 5.26 Å². The summed E-state index contributed by atoms with van der Waals surface area (Å²) in [5.41, 5.74) is 1.99. The standard InChI is InChI=1S/C22H20ClN3O2/c23-18-5-3-6-19(15-18)28-14-12-25-22(27)10-9-17-16-26(13-4-11-24)21-8-2-1-7-20(17)21/h1-3,5-10,15-16H,4,12-14H2,(H,25,27)/b10-9+. The summed E-state index contributed by atoms with van der Waals surface area (Å²) in [6.07, 6.45) is 5.71. The lowest BCUT2D eigenvalue weighted by atomic mass is 10.1. The monoisotopic (exact) mass is 393 g/mol. The number of rotatable bonds is 8. The third-order valence-electron chi connectivity index (χ3n) is 4.16. The predicted octanol–water partition coefficient (Wildman–Crippen LogP) is 4.42. The summed E-state index contributed by atoms with van der Waals surface area (Å²) in [6.45, 7) is 1.37. The number of nitrogens with zero attached hydrogens (tertiary/aromatic N) is 2. The van der Waals surface area contributed by atoms with Gasteiger partial charge in [-0.05, 0) is 30.3 Å². The van der Waals surface area contributed by atoms with Gasteiger partial charge in [0.25, 0.3) is 0 Å². The maximum Gasteiger partial charge on any atom is 0.244 e. The second kappa shape index (κ2) is 9.63. The van der Waals surface area contributed by atoms with Crippen LogP contribution < -0.4 is 10.1 Å². The molecule has 0 bridgehead atoms. The van der Waals surface area contributed by atoms with Gasteiger partial charge in [0.1, 0.15) is 12.4 Å². The van der Waals surface area contributed by atoms with E-state index in [1.807, 2.05) is 47.2 Å². The lowest BCUT2D eigenvalue weighted by Gasteiger charge is -2.06. The summed E-state index contributed by atoms with van der Waals surface area (Å²) in [5.74, 6) is 0.478. The summed E-state index contributed by atoms with van der Waals surface area (Å²) >= 11 is 5.90. The molecule has 6 heteroatoms. The molecule has 1 amide bonds. The number of halogens is 1. The molecule has 142 valence electrons. The van der Waals surface area contributed by atoms with Crippen molar-refractivity contribution in [1.82, 2.24) is 9.88 Å². The van der Waals surface area contributed by atoms with Gasteiger partial charge < -0.3 is 14.6 Å². The SMILES string of the molecule is N#CCCn1cc(/C=C/C(=O)NCCOc2cccc(Cl)c2)c2ccccc21. The number of ether oxygens (including phenoxy) is 1. The van der Waals surface area contributed by atoms with Crippen LogP contribution in [0, 0.1) is 11.3 Å². The number of nitriles is 1. The first-order chi connectivity index (χ1) is 13.7. The molecule has 0 spiro atoms. The molecule has 1 N–H and O–H groups in total. The number of aryl methyl sites for hydroxylation is 1. The zero-order chi connectivity index (χ0) is 19.8. The lowest BCUT2D eigenvalue weighted by Crippen LogP contribution is -2.26. The van der Waals surface area contributed by atoms with Crippen LogP contribution in [-0.4, -0.2) is 23.6 Å². The van der Waals surface area contributed by atoms with Gasteiger partial charge in [-0.2, -0.15) is 5.26 Å². The van der Waals surface area contributed by atoms with E-state index >= 15 is 0 Å². The first kappa shape index (κ1) is 19.5. The van der Waals surface area contributed by atoms with Gasteiger partial charge >= 0.3 is 0 Å². The number of benzene rings is 2. The van der Waals surface area contributed by atoms with Crippen molar-refractivity contribution >= 4 is 34.5 Å². The van der Waals surface area contributed by atoms with E-state index in [1.54, 1.807) is 18.2 Å². The van der Waals surface area contributed by atoms with E-state index in [4.69, 9.17) is 21.6 Å². The highest BCUT2D eigenvalue weighted by molar-refractivity contribution is 6.30. The highest BCUT2D eigenvalue weighted by Crippen LogP contribution is 2.22. The predicted molar refractivity (Wildman–Crippen MR) is 111 cm³/mol. The van der Waals surface area contributed by atoms with Gasteiger partial charge in [0, 0.05) is 40.3 Å². The number of carbonyl (C=O) groups is 1. The Bertz CT molecular complexity index is 1030. The second-order valence-electron chi connectivity index (χ2n) is 6.13. The Morgan fingerprint density at radius 3 is 2.93 bits per heavy atom. The Morgan fingerprint density at radius 1 is 1.25 bits per heavy atom. The van der Waals surface area contributed by atoms with Crippen LogP contribution in [0.25, 0.3) is 17.0 Å². The molecule has 0 radical (unpaired) electrons. The van der Waals surface area contributed by atoms with Crippen molar-refractivity contribution in [2.24, 2.45) is 0 Å². The molecule has 0 unspecified atom stereocenters. The molecule has 5 nitrogen and oxygen atoms in total. The van der Waals surface area contributed by atoms with Gasteiger partial charge in [-0.3, -0.25) is 4.79 Å². The van der Waals surface area contributed by atoms with Crippen LogP contribution in [0.4, 0.5) is 0 Å². The molecule has 3 aromatic rings. The summed E-state index contributed by atoms with van der Waals surface area (Å²) in [4.78, 5) is 12.1. The van der Waals surface area contributed by atoms with E-state index in [2.05, 4.69) is 11.4 Å². The molecule has 1 aromatic heterocycles. The maximum atomic E-state index is 12.1. The topological polar surface area (TPSA) is 67.0 Å². The number of hydrogen-bond acceptors (Lipinski definition) is 3. The number of fused-ring (bicyclic) bond motifs is 1. The minimum atomic E-state index is -0.191. The number of para-hydroxylation sites is 1. The molecule has 3 rings (SSSR count). The van der Waals surface area contributed by atoms with Gasteiger partial charge in [-0.25, -0.2) is 0 Å². The highest BCUT2D eigenvalue weighted by Gasteiger charge is 2.06. The van der Waals surface area contributed by atoms with Crippen LogP contribution in [0.1, 0.15) is 12.0 Å². The quantitative estimate of drug-likeness (QED) is 0.455. The van der Waals surface area contributed by atoms with Crippen molar-refractivity contribution in [3.8, 4) is 11.8 Å². The third kappa shape index (κ3) is 5.15. The summed E-state index contributed by atoms with van der Waals surface area (Å²) in [5, 5.41) is 13.3. The number of aromatic nitrogens is 1. The summed E-state index contributed by atoms with van der Waals surface area (Å²) in [7, 11) is 0. The largest absolute Gasteiger partial charge is 0.492 e. The smallest absolute Gasteiger partial charge is 0.244 e. The summed E-state index contributed by atoms with van der Waals surface area (Å²) in [6, 6.07) is 17.2. The van der Waals surface area contributed by atoms with E-state index in [9.17, 15) is 4.79 Å². The number of hydrogen-bond donors (Lipinski definition) is 1. The van der Waals surface area contributed by atoms with Crippen LogP contribution >= 0.6 is 11.6 Å². The Kier molecular flexibility index (Phi) is 6.72. The van der Waals surface area contributed by atoms with Crippen LogP contribution in [0.5, 0.6) is 5.75 Å². The fourth-order valence-electron chi connectivity index (χ4n) is 2.89. The molecule has 1 heterocycles. The number of nitrogens with one attached hydrogen (secondary N) is 1. The van der Waals surface area contributed by atoms with Crippen molar-refractivity contribution in [2.45, 2.75) is 13.0 Å². The molecule has 0 saturated heterocycles. The van der Waals surface area contributed by atoms with E-state index in [-0.39, 0.29) is 5.91 Å². The number of amides is 1. The Morgan fingerprint density at radius 2 is 2.11 bits per heavy atom. The minimum absolute atomic E-state index is 0.191. The Balaban J connectivity index is 1.56. The highest BCUT2D eigenvalue weighted by atomic mass is 35.5. The van der Waals surface area contributed by atoms with Gasteiger partial charge in [-0.1, -0.05) is 35.9 Å². The molecule has 0 fully saturated rings. The maximum absolute atomic E-state index is 12.1. The van der Waals surface area contributed by atoms with Crippen molar-refractivity contribution in [2.75, 3.05) is 13.2 Å². The molecule has 0 saturated carbocycles. The fourth-order valence-corrected chi connectivity index (χ4v) is 3.07. The average Bonchev–Trinajstić information content (AvgIpc) is 3.06. The average molecular weight is 394 g/mol.